The molecule has 0 atom stereocenters. The largest absolute Gasteiger partial charge is 0.497 e. The van der Waals surface area contributed by atoms with Gasteiger partial charge in [-0.25, -0.2) is 0 Å². The highest BCUT2D eigenvalue weighted by molar-refractivity contribution is 7.99. The van der Waals surface area contributed by atoms with Crippen molar-refractivity contribution in [2.45, 2.75) is 11.6 Å². The van der Waals surface area contributed by atoms with Crippen molar-refractivity contribution < 1.29 is 13.9 Å². The van der Waals surface area contributed by atoms with Crippen molar-refractivity contribution in [3.63, 3.8) is 0 Å². The maximum Gasteiger partial charge on any atom is 0.277 e. The van der Waals surface area contributed by atoms with Gasteiger partial charge in [0.15, 0.2) is 0 Å². The number of nitrogens with zero attached hydrogens (tertiary/aromatic N) is 4. The molecule has 0 saturated carbocycles. The van der Waals surface area contributed by atoms with Gasteiger partial charge in [-0.1, -0.05) is 30.0 Å². The summed E-state index contributed by atoms with van der Waals surface area (Å²) < 4.78 is 19.1. The van der Waals surface area contributed by atoms with Gasteiger partial charge in [0.05, 0.1) is 36.7 Å². The van der Waals surface area contributed by atoms with Gasteiger partial charge in [0.2, 0.25) is 11.8 Å². The summed E-state index contributed by atoms with van der Waals surface area (Å²) in [4.78, 5) is 12.2. The number of rotatable bonds is 7. The van der Waals surface area contributed by atoms with Gasteiger partial charge in [-0.15, -0.1) is 10.2 Å². The van der Waals surface area contributed by atoms with E-state index in [0.29, 0.717) is 28.7 Å². The fourth-order valence-corrected chi connectivity index (χ4v) is 3.64. The zero-order chi connectivity index (χ0) is 19.3. The zero-order valence-electron chi connectivity index (χ0n) is 14.8. The molecule has 4 rings (SSSR count). The predicted molar refractivity (Wildman–Crippen MR) is 107 cm³/mol. The molecule has 0 unspecified atom stereocenters. The fraction of sp³-hybridized carbons (Fsp3) is 0.167. The molecule has 0 aliphatic rings. The molecule has 1 amide bonds. The summed E-state index contributed by atoms with van der Waals surface area (Å²) in [7, 11) is 1.63. The van der Waals surface area contributed by atoms with E-state index in [-0.39, 0.29) is 11.7 Å². The van der Waals surface area contributed by atoms with E-state index >= 15 is 0 Å². The van der Waals surface area contributed by atoms with Gasteiger partial charge in [-0.05, 0) is 29.8 Å². The molecule has 0 aliphatic heterocycles. The molecule has 10 heteroatoms. The van der Waals surface area contributed by atoms with Crippen LogP contribution in [0.5, 0.6) is 5.75 Å². The first kappa shape index (κ1) is 18.4. The molecule has 0 fully saturated rings. The molecule has 1 N–H and O–H groups in total. The lowest BCUT2D eigenvalue weighted by molar-refractivity contribution is -0.113. The molecule has 2 heterocycles. The molecule has 0 saturated heterocycles. The molecule has 4 aromatic rings. The van der Waals surface area contributed by atoms with Crippen LogP contribution in [0.1, 0.15) is 11.5 Å². The minimum atomic E-state index is -0.180. The second-order valence-electron chi connectivity index (χ2n) is 5.76. The third kappa shape index (κ3) is 4.29. The Morgan fingerprint density at radius 3 is 2.86 bits per heavy atom. The van der Waals surface area contributed by atoms with E-state index in [1.165, 1.54) is 11.8 Å². The maximum atomic E-state index is 12.2. The molecule has 0 radical (unpaired) electrons. The SMILES string of the molecule is COc1ccc(Cc2nnc(SCC(=O)Nc3cccc4nsnc34)o2)cc1. The van der Waals surface area contributed by atoms with Crippen LogP contribution < -0.4 is 10.1 Å². The quantitative estimate of drug-likeness (QED) is 0.460. The number of fused-ring (bicyclic) bond motifs is 1. The first-order valence-electron chi connectivity index (χ1n) is 8.30. The van der Waals surface area contributed by atoms with Crippen molar-refractivity contribution in [2.24, 2.45) is 0 Å². The van der Waals surface area contributed by atoms with Crippen molar-refractivity contribution in [1.82, 2.24) is 18.9 Å². The average Bonchev–Trinajstić information content (AvgIpc) is 3.37. The number of nitrogens with one attached hydrogen (secondary N) is 1. The van der Waals surface area contributed by atoms with E-state index in [4.69, 9.17) is 9.15 Å². The van der Waals surface area contributed by atoms with Crippen molar-refractivity contribution in [3.05, 3.63) is 53.9 Å². The van der Waals surface area contributed by atoms with Gasteiger partial charge in [-0.3, -0.25) is 4.79 Å². The molecule has 2 aromatic carbocycles. The number of amides is 1. The number of anilines is 1. The molecule has 28 heavy (non-hydrogen) atoms. The number of benzene rings is 2. The Bertz CT molecular complexity index is 1090. The summed E-state index contributed by atoms with van der Waals surface area (Å²) in [5.41, 5.74) is 3.12. The van der Waals surface area contributed by atoms with Crippen LogP contribution in [-0.4, -0.2) is 37.7 Å². The fourth-order valence-electron chi connectivity index (χ4n) is 2.51. The minimum Gasteiger partial charge on any atom is -0.497 e. The molecule has 0 bridgehead atoms. The monoisotopic (exact) mass is 413 g/mol. The number of hydrogen-bond acceptors (Lipinski definition) is 9. The Kier molecular flexibility index (Phi) is 5.49. The number of carbonyl (C=O) groups is 1. The lowest BCUT2D eigenvalue weighted by Crippen LogP contribution is -2.14. The van der Waals surface area contributed by atoms with Crippen LogP contribution in [0, 0.1) is 0 Å². The predicted octanol–water partition coefficient (Wildman–Crippen LogP) is 3.40. The second-order valence-corrected chi connectivity index (χ2v) is 7.22. The third-order valence-electron chi connectivity index (χ3n) is 3.85. The second kappa shape index (κ2) is 8.36. The van der Waals surface area contributed by atoms with Gasteiger partial charge in [-0.2, -0.15) is 8.75 Å². The Balaban J connectivity index is 1.32. The lowest BCUT2D eigenvalue weighted by Gasteiger charge is -2.04. The summed E-state index contributed by atoms with van der Waals surface area (Å²) in [6.07, 6.45) is 0.516. The Labute approximate surface area is 168 Å². The lowest BCUT2D eigenvalue weighted by atomic mass is 10.1. The molecule has 142 valence electrons. The Hall–Kier alpha value is -2.98. The maximum absolute atomic E-state index is 12.2. The van der Waals surface area contributed by atoms with E-state index in [1.54, 1.807) is 13.2 Å². The summed E-state index contributed by atoms with van der Waals surface area (Å²) in [6, 6.07) is 13.1. The molecular weight excluding hydrogens is 398 g/mol. The molecule has 2 aromatic heterocycles. The normalized spacial score (nSPS) is 10.9. The van der Waals surface area contributed by atoms with Crippen LogP contribution >= 0.6 is 23.5 Å². The van der Waals surface area contributed by atoms with Crippen LogP contribution in [0.3, 0.4) is 0 Å². The van der Waals surface area contributed by atoms with Crippen LogP contribution in [0.15, 0.2) is 52.1 Å². The minimum absolute atomic E-state index is 0.151. The van der Waals surface area contributed by atoms with Crippen molar-refractivity contribution >= 4 is 46.1 Å². The molecule has 0 aliphatic carbocycles. The first-order valence-corrected chi connectivity index (χ1v) is 10.0. The van der Waals surface area contributed by atoms with Crippen LogP contribution in [0.2, 0.25) is 0 Å². The Morgan fingerprint density at radius 1 is 1.18 bits per heavy atom. The van der Waals surface area contributed by atoms with E-state index < -0.39 is 0 Å². The number of hydrogen-bond donors (Lipinski definition) is 1. The first-order chi connectivity index (χ1) is 13.7. The summed E-state index contributed by atoms with van der Waals surface area (Å²) in [6.45, 7) is 0. The van der Waals surface area contributed by atoms with Crippen molar-refractivity contribution in [3.8, 4) is 5.75 Å². The van der Waals surface area contributed by atoms with Gasteiger partial charge >= 0.3 is 0 Å². The van der Waals surface area contributed by atoms with Gasteiger partial charge < -0.3 is 14.5 Å². The highest BCUT2D eigenvalue weighted by Crippen LogP contribution is 2.23. The highest BCUT2D eigenvalue weighted by atomic mass is 32.2. The Morgan fingerprint density at radius 2 is 2.04 bits per heavy atom. The standard InChI is InChI=1S/C18H15N5O3S2/c1-25-12-7-5-11(6-8-12)9-16-20-21-18(26-16)27-10-15(24)19-13-3-2-4-14-17(13)23-28-22-14/h2-8H,9-10H2,1H3,(H,19,24). The van der Waals surface area contributed by atoms with E-state index in [1.807, 2.05) is 36.4 Å². The summed E-state index contributed by atoms with van der Waals surface area (Å²) in [5.74, 6) is 1.26. The number of methoxy groups -OCH3 is 1. The summed E-state index contributed by atoms with van der Waals surface area (Å²) >= 11 is 2.30. The van der Waals surface area contributed by atoms with Gasteiger partial charge in [0.1, 0.15) is 16.8 Å². The van der Waals surface area contributed by atoms with Crippen LogP contribution in [0.4, 0.5) is 5.69 Å². The van der Waals surface area contributed by atoms with Crippen molar-refractivity contribution in [2.75, 3.05) is 18.2 Å². The molecular formula is C18H15N5O3S2. The van der Waals surface area contributed by atoms with Gasteiger partial charge in [0, 0.05) is 0 Å². The molecule has 8 nitrogen and oxygen atoms in total. The average molecular weight is 413 g/mol. The summed E-state index contributed by atoms with van der Waals surface area (Å²) in [5, 5.41) is 11.2. The number of thioether (sulfide) groups is 1. The third-order valence-corrected chi connectivity index (χ3v) is 5.21. The van der Waals surface area contributed by atoms with Crippen molar-refractivity contribution in [1.29, 1.82) is 0 Å². The van der Waals surface area contributed by atoms with E-state index in [0.717, 1.165) is 28.6 Å². The van der Waals surface area contributed by atoms with Crippen LogP contribution in [0.25, 0.3) is 11.0 Å². The molecule has 0 spiro atoms. The smallest absolute Gasteiger partial charge is 0.277 e. The number of ether oxygens (including phenoxy) is 1. The topological polar surface area (TPSA) is 103 Å². The number of carbonyl (C=O) groups excluding carboxylic acids is 1. The number of aromatic nitrogens is 4. The van der Waals surface area contributed by atoms with Crippen LogP contribution in [-0.2, 0) is 11.2 Å². The van der Waals surface area contributed by atoms with E-state index in [9.17, 15) is 4.79 Å². The van der Waals surface area contributed by atoms with E-state index in [2.05, 4.69) is 24.3 Å². The zero-order valence-corrected chi connectivity index (χ0v) is 16.4. The highest BCUT2D eigenvalue weighted by Gasteiger charge is 2.12. The van der Waals surface area contributed by atoms with Gasteiger partial charge in [0.25, 0.3) is 5.22 Å².